The van der Waals surface area contributed by atoms with Crippen LogP contribution in [0.5, 0.6) is 0 Å². The van der Waals surface area contributed by atoms with Gasteiger partial charge in [-0.1, -0.05) is 0 Å². The van der Waals surface area contributed by atoms with Crippen LogP contribution in [0, 0.1) is 0 Å². The van der Waals surface area contributed by atoms with Gasteiger partial charge in [0, 0.05) is 30.6 Å². The van der Waals surface area contributed by atoms with Gasteiger partial charge in [0.15, 0.2) is 5.11 Å². The molecule has 2 aliphatic rings. The van der Waals surface area contributed by atoms with Crippen molar-refractivity contribution in [2.24, 2.45) is 10.8 Å². The third-order valence-electron chi connectivity index (χ3n) is 3.25. The molecule has 3 N–H and O–H groups in total. The molecule has 0 aliphatic carbocycles. The summed E-state index contributed by atoms with van der Waals surface area (Å²) in [5, 5.41) is 4.49. The zero-order valence-electron chi connectivity index (χ0n) is 8.36. The second-order valence-corrected chi connectivity index (χ2v) is 4.55. The highest BCUT2D eigenvalue weighted by Crippen LogP contribution is 2.32. The van der Waals surface area contributed by atoms with E-state index < -0.39 is 0 Å². The number of hydrogen-bond acceptors (Lipinski definition) is 3. The molecule has 4 nitrogen and oxygen atoms in total. The summed E-state index contributed by atoms with van der Waals surface area (Å²) < 4.78 is 0. The van der Waals surface area contributed by atoms with Gasteiger partial charge >= 0.3 is 0 Å². The van der Waals surface area contributed by atoms with Crippen LogP contribution in [-0.2, 0) is 0 Å². The molecule has 5 heteroatoms. The lowest BCUT2D eigenvalue weighted by atomic mass is 10.0. The number of nitrogens with one attached hydrogen (secondary N) is 1. The van der Waals surface area contributed by atoms with Crippen LogP contribution in [-0.4, -0.2) is 34.9 Å². The first kappa shape index (κ1) is 9.86. The first-order valence-corrected chi connectivity index (χ1v) is 5.40. The lowest BCUT2D eigenvalue weighted by Gasteiger charge is -2.31. The van der Waals surface area contributed by atoms with Gasteiger partial charge in [0.25, 0.3) is 0 Å². The van der Waals surface area contributed by atoms with Crippen LogP contribution >= 0.6 is 12.2 Å². The zero-order chi connectivity index (χ0) is 10.1. The van der Waals surface area contributed by atoms with E-state index in [1.165, 1.54) is 18.6 Å². The minimum atomic E-state index is 0.253. The molecule has 0 radical (unpaired) electrons. The first-order chi connectivity index (χ1) is 6.66. The molecule has 0 aromatic heterocycles. The normalized spacial score (nSPS) is 31.6. The maximum Gasteiger partial charge on any atom is 0.184 e. The number of rotatable bonds is 1. The number of hydrogen-bond donors (Lipinski definition) is 2. The molecule has 2 heterocycles. The van der Waals surface area contributed by atoms with E-state index in [-0.39, 0.29) is 5.11 Å². The Balaban J connectivity index is 1.99. The van der Waals surface area contributed by atoms with Gasteiger partial charge in [-0.15, -0.1) is 0 Å². The van der Waals surface area contributed by atoms with Crippen molar-refractivity contribution in [2.45, 2.75) is 37.8 Å². The van der Waals surface area contributed by atoms with Gasteiger partial charge in [-0.05, 0) is 32.1 Å². The van der Waals surface area contributed by atoms with Crippen LogP contribution in [0.4, 0.5) is 0 Å². The van der Waals surface area contributed by atoms with Gasteiger partial charge < -0.3 is 5.73 Å². The minimum Gasteiger partial charge on any atom is -0.375 e. The number of piperidine rings is 1. The van der Waals surface area contributed by atoms with E-state index in [1.54, 1.807) is 0 Å². The Morgan fingerprint density at radius 2 is 2.07 bits per heavy atom. The molecule has 2 aliphatic heterocycles. The minimum absolute atomic E-state index is 0.253. The van der Waals surface area contributed by atoms with Crippen LogP contribution < -0.4 is 11.2 Å². The molecule has 0 amide bonds. The van der Waals surface area contributed by atoms with E-state index >= 15 is 0 Å². The topological polar surface area (TPSA) is 53.6 Å². The second kappa shape index (κ2) is 3.82. The number of hydrazone groups is 1. The maximum absolute atomic E-state index is 5.32. The van der Waals surface area contributed by atoms with Crippen LogP contribution in [0.2, 0.25) is 0 Å². The van der Waals surface area contributed by atoms with Crippen molar-refractivity contribution in [3.8, 4) is 0 Å². The van der Waals surface area contributed by atoms with E-state index in [0.29, 0.717) is 12.1 Å². The molecule has 0 aromatic rings. The lowest BCUT2D eigenvalue weighted by molar-refractivity contribution is 0.231. The second-order valence-electron chi connectivity index (χ2n) is 4.11. The predicted octanol–water partition coefficient (Wildman–Crippen LogP) is 0.432. The highest BCUT2D eigenvalue weighted by molar-refractivity contribution is 7.80. The molecule has 2 atom stereocenters. The molecule has 78 valence electrons. The molecule has 0 spiro atoms. The molecule has 2 rings (SSSR count). The number of nitrogens with zero attached hydrogens (tertiary/aromatic N) is 2. The van der Waals surface area contributed by atoms with E-state index in [4.69, 9.17) is 18.0 Å². The molecule has 0 aromatic carbocycles. The largest absolute Gasteiger partial charge is 0.375 e. The van der Waals surface area contributed by atoms with Gasteiger partial charge in [0.05, 0.1) is 0 Å². The summed E-state index contributed by atoms with van der Waals surface area (Å²) in [6, 6.07) is 1.36. The average molecular weight is 212 g/mol. The van der Waals surface area contributed by atoms with Crippen LogP contribution in [0.25, 0.3) is 0 Å². The van der Waals surface area contributed by atoms with Gasteiger partial charge in [0.1, 0.15) is 0 Å². The van der Waals surface area contributed by atoms with E-state index in [1.807, 2.05) is 0 Å². The van der Waals surface area contributed by atoms with E-state index in [9.17, 15) is 0 Å². The predicted molar refractivity (Wildman–Crippen MR) is 61.2 cm³/mol. The van der Waals surface area contributed by atoms with Gasteiger partial charge in [-0.2, -0.15) is 5.10 Å². The fourth-order valence-electron chi connectivity index (χ4n) is 2.44. The summed E-state index contributed by atoms with van der Waals surface area (Å²) in [6.07, 6.45) is 4.71. The van der Waals surface area contributed by atoms with E-state index in [0.717, 1.165) is 12.8 Å². The first-order valence-electron chi connectivity index (χ1n) is 4.99. The molecule has 2 bridgehead atoms. The quantitative estimate of drug-likeness (QED) is 0.489. The Labute approximate surface area is 89.5 Å². The molecule has 2 saturated heterocycles. The molecule has 2 unspecified atom stereocenters. The lowest BCUT2D eigenvalue weighted by Crippen LogP contribution is -2.41. The Kier molecular flexibility index (Phi) is 2.69. The van der Waals surface area contributed by atoms with Crippen molar-refractivity contribution in [3.63, 3.8) is 0 Å². The molecule has 0 saturated carbocycles. The van der Waals surface area contributed by atoms with Crippen molar-refractivity contribution >= 4 is 23.0 Å². The van der Waals surface area contributed by atoms with Crippen LogP contribution in [0.1, 0.15) is 25.7 Å². The molecular formula is C9H16N4S. The van der Waals surface area contributed by atoms with Crippen LogP contribution in [0.15, 0.2) is 5.10 Å². The summed E-state index contributed by atoms with van der Waals surface area (Å²) in [7, 11) is 2.21. The SMILES string of the molecule is CN1C2CCC1CC(=NNC(N)=S)C2. The van der Waals surface area contributed by atoms with Crippen molar-refractivity contribution in [3.05, 3.63) is 0 Å². The van der Waals surface area contributed by atoms with Crippen molar-refractivity contribution < 1.29 is 0 Å². The van der Waals surface area contributed by atoms with E-state index in [2.05, 4.69) is 22.5 Å². The smallest absolute Gasteiger partial charge is 0.184 e. The highest BCUT2D eigenvalue weighted by Gasteiger charge is 2.36. The zero-order valence-corrected chi connectivity index (χ0v) is 9.18. The van der Waals surface area contributed by atoms with Gasteiger partial charge in [-0.3, -0.25) is 10.3 Å². The summed E-state index contributed by atoms with van der Waals surface area (Å²) in [5.74, 6) is 0. The Hall–Kier alpha value is -0.680. The Morgan fingerprint density at radius 3 is 2.57 bits per heavy atom. The Morgan fingerprint density at radius 1 is 1.50 bits per heavy atom. The summed E-state index contributed by atoms with van der Waals surface area (Å²) >= 11 is 4.71. The number of fused-ring (bicyclic) bond motifs is 2. The maximum atomic E-state index is 5.32. The fraction of sp³-hybridized carbons (Fsp3) is 0.778. The van der Waals surface area contributed by atoms with Crippen molar-refractivity contribution in [1.29, 1.82) is 0 Å². The van der Waals surface area contributed by atoms with Crippen molar-refractivity contribution in [1.82, 2.24) is 10.3 Å². The number of thiocarbonyl (C=S) groups is 1. The summed E-state index contributed by atoms with van der Waals surface area (Å²) in [6.45, 7) is 0. The average Bonchev–Trinajstić information content (AvgIpc) is 2.41. The van der Waals surface area contributed by atoms with Crippen LogP contribution in [0.3, 0.4) is 0 Å². The summed E-state index contributed by atoms with van der Waals surface area (Å²) in [5.41, 5.74) is 9.21. The van der Waals surface area contributed by atoms with Gasteiger partial charge in [0.2, 0.25) is 0 Å². The standard InChI is InChI=1S/C9H16N4S/c1-13-7-2-3-8(13)5-6(4-7)11-12-9(10)14/h7-8H,2-5H2,1H3,(H3,10,12,14). The number of nitrogens with two attached hydrogens (primary N) is 1. The Bertz CT molecular complexity index is 260. The third kappa shape index (κ3) is 1.88. The molecule has 14 heavy (non-hydrogen) atoms. The monoisotopic (exact) mass is 212 g/mol. The highest BCUT2D eigenvalue weighted by atomic mass is 32.1. The summed E-state index contributed by atoms with van der Waals surface area (Å²) in [4.78, 5) is 2.47. The molecular weight excluding hydrogens is 196 g/mol. The van der Waals surface area contributed by atoms with Gasteiger partial charge in [-0.25, -0.2) is 0 Å². The molecule has 2 fully saturated rings. The van der Waals surface area contributed by atoms with Crippen molar-refractivity contribution in [2.75, 3.05) is 7.05 Å². The third-order valence-corrected chi connectivity index (χ3v) is 3.34. The fourth-order valence-corrected chi connectivity index (χ4v) is 2.48.